The Morgan fingerprint density at radius 2 is 1.95 bits per heavy atom. The van der Waals surface area contributed by atoms with Crippen LogP contribution >= 0.6 is 12.1 Å². The normalized spacial score (nSPS) is 17.8. The number of nitrogens with zero attached hydrogens (tertiary/aromatic N) is 3. The van der Waals surface area contributed by atoms with Gasteiger partial charge in [0.1, 0.15) is 0 Å². The van der Waals surface area contributed by atoms with Crippen LogP contribution in [-0.4, -0.2) is 39.4 Å². The molecule has 0 spiro atoms. The molecule has 2 aromatic heterocycles. The lowest BCUT2D eigenvalue weighted by atomic mass is 10.2. The van der Waals surface area contributed by atoms with Gasteiger partial charge in [0, 0.05) is 56.1 Å². The fourth-order valence-electron chi connectivity index (χ4n) is 2.19. The second kappa shape index (κ2) is 5.27. The number of hydrogen-bond acceptors (Lipinski definition) is 4. The number of rotatable bonds is 2. The summed E-state index contributed by atoms with van der Waals surface area (Å²) in [6, 6.07) is 3.08. The minimum absolute atomic E-state index is 0.141. The summed E-state index contributed by atoms with van der Waals surface area (Å²) < 4.78 is 42.6. The van der Waals surface area contributed by atoms with Crippen molar-refractivity contribution in [1.29, 1.82) is 0 Å². The van der Waals surface area contributed by atoms with Crippen molar-refractivity contribution in [3.63, 3.8) is 0 Å². The van der Waals surface area contributed by atoms with E-state index in [9.17, 15) is 13.2 Å². The molecular formula is C12H13F3N4S. The van der Waals surface area contributed by atoms with Crippen molar-refractivity contribution in [2.75, 3.05) is 26.2 Å². The second-order valence-corrected chi connectivity index (χ2v) is 5.57. The molecule has 0 atom stereocenters. The molecule has 0 amide bonds. The van der Waals surface area contributed by atoms with Crippen LogP contribution in [0, 0.1) is 0 Å². The van der Waals surface area contributed by atoms with Crippen LogP contribution in [-0.2, 0) is 6.18 Å². The minimum atomic E-state index is -4.43. The highest BCUT2D eigenvalue weighted by Gasteiger charge is 2.35. The number of hydrogen-bond donors (Lipinski definition) is 1. The highest BCUT2D eigenvalue weighted by Crippen LogP contribution is 2.34. The topological polar surface area (TPSA) is 33.1 Å². The summed E-state index contributed by atoms with van der Waals surface area (Å²) in [5, 5.41) is 3.38. The zero-order valence-corrected chi connectivity index (χ0v) is 11.3. The predicted octanol–water partition coefficient (Wildman–Crippen LogP) is 2.37. The molecule has 1 saturated heterocycles. The van der Waals surface area contributed by atoms with Crippen LogP contribution in [0.2, 0.25) is 0 Å². The largest absolute Gasteiger partial charge is 0.434 e. The second-order valence-electron chi connectivity index (χ2n) is 4.49. The zero-order chi connectivity index (χ0) is 14.2. The van der Waals surface area contributed by atoms with Crippen molar-refractivity contribution in [2.24, 2.45) is 0 Å². The quantitative estimate of drug-likeness (QED) is 0.864. The Morgan fingerprint density at radius 1 is 1.20 bits per heavy atom. The first-order valence-electron chi connectivity index (χ1n) is 6.23. The van der Waals surface area contributed by atoms with Crippen LogP contribution in [0.3, 0.4) is 0 Å². The number of nitrogens with one attached hydrogen (secondary N) is 1. The van der Waals surface area contributed by atoms with Gasteiger partial charge in [-0.2, -0.15) is 13.2 Å². The average Bonchev–Trinajstić information content (AvgIpc) is 2.82. The number of pyridine rings is 1. The number of piperazine rings is 1. The van der Waals surface area contributed by atoms with Crippen molar-refractivity contribution in [2.45, 2.75) is 6.18 Å². The third-order valence-corrected chi connectivity index (χ3v) is 4.22. The third kappa shape index (κ3) is 2.63. The zero-order valence-electron chi connectivity index (χ0n) is 10.5. The lowest BCUT2D eigenvalue weighted by Gasteiger charge is -2.26. The van der Waals surface area contributed by atoms with Crippen molar-refractivity contribution >= 4 is 23.0 Å². The summed E-state index contributed by atoms with van der Waals surface area (Å²) in [6.45, 7) is 3.51. The molecule has 3 heterocycles. The molecule has 2 aromatic rings. The third-order valence-electron chi connectivity index (χ3n) is 3.13. The lowest BCUT2D eigenvalue weighted by molar-refractivity contribution is -0.139. The van der Waals surface area contributed by atoms with Crippen molar-refractivity contribution < 1.29 is 13.2 Å². The maximum atomic E-state index is 12.9. The SMILES string of the molecule is FC(F)(F)c1nccc2c1ccn2SN1CCNCC1. The van der Waals surface area contributed by atoms with E-state index in [-0.39, 0.29) is 5.39 Å². The van der Waals surface area contributed by atoms with Gasteiger partial charge in [-0.25, -0.2) is 4.31 Å². The van der Waals surface area contributed by atoms with Gasteiger partial charge < -0.3 is 5.32 Å². The Hall–Kier alpha value is -1.25. The Labute approximate surface area is 118 Å². The van der Waals surface area contributed by atoms with Crippen LogP contribution < -0.4 is 5.32 Å². The van der Waals surface area contributed by atoms with Crippen LogP contribution in [0.15, 0.2) is 24.5 Å². The molecule has 4 nitrogen and oxygen atoms in total. The highest BCUT2D eigenvalue weighted by molar-refractivity contribution is 7.95. The van der Waals surface area contributed by atoms with E-state index in [1.165, 1.54) is 24.4 Å². The maximum absolute atomic E-state index is 12.9. The van der Waals surface area contributed by atoms with Gasteiger partial charge in [-0.1, -0.05) is 0 Å². The van der Waals surface area contributed by atoms with E-state index in [4.69, 9.17) is 0 Å². The van der Waals surface area contributed by atoms with Crippen molar-refractivity contribution in [3.05, 3.63) is 30.2 Å². The summed E-state index contributed by atoms with van der Waals surface area (Å²) in [5.41, 5.74) is -0.287. The molecule has 3 rings (SSSR count). The molecule has 1 aliphatic rings. The van der Waals surface area contributed by atoms with Gasteiger partial charge in [-0.3, -0.25) is 8.96 Å². The molecule has 20 heavy (non-hydrogen) atoms. The van der Waals surface area contributed by atoms with E-state index in [0.717, 1.165) is 26.2 Å². The molecule has 1 N–H and O–H groups in total. The Bertz CT molecular complexity index is 604. The average molecular weight is 302 g/mol. The van der Waals surface area contributed by atoms with E-state index >= 15 is 0 Å². The summed E-state index contributed by atoms with van der Waals surface area (Å²) in [6.07, 6.45) is -1.56. The molecule has 0 aromatic carbocycles. The van der Waals surface area contributed by atoms with E-state index in [0.29, 0.717) is 5.52 Å². The van der Waals surface area contributed by atoms with Crippen molar-refractivity contribution in [1.82, 2.24) is 18.6 Å². The van der Waals surface area contributed by atoms with Gasteiger partial charge in [0.15, 0.2) is 5.69 Å². The van der Waals surface area contributed by atoms with Gasteiger partial charge in [0.05, 0.1) is 5.52 Å². The molecule has 0 radical (unpaired) electrons. The Morgan fingerprint density at radius 3 is 2.65 bits per heavy atom. The first-order valence-corrected chi connectivity index (χ1v) is 6.96. The highest BCUT2D eigenvalue weighted by atomic mass is 32.2. The van der Waals surface area contributed by atoms with Crippen LogP contribution in [0.5, 0.6) is 0 Å². The Balaban J connectivity index is 1.93. The predicted molar refractivity (Wildman–Crippen MR) is 72.2 cm³/mol. The van der Waals surface area contributed by atoms with Gasteiger partial charge >= 0.3 is 6.18 Å². The van der Waals surface area contributed by atoms with Gasteiger partial charge in [0.2, 0.25) is 0 Å². The van der Waals surface area contributed by atoms with Crippen LogP contribution in [0.1, 0.15) is 5.69 Å². The number of fused-ring (bicyclic) bond motifs is 1. The molecule has 0 aliphatic carbocycles. The van der Waals surface area contributed by atoms with Crippen LogP contribution in [0.4, 0.5) is 13.2 Å². The first-order chi connectivity index (χ1) is 9.55. The molecule has 1 aliphatic heterocycles. The Kier molecular flexibility index (Phi) is 3.61. The standard InChI is InChI=1S/C12H13F3N4S/c13-12(14,15)11-9-2-6-19(10(9)1-3-17-11)20-18-7-4-16-5-8-18/h1-3,6,16H,4-5,7-8H2. The maximum Gasteiger partial charge on any atom is 0.434 e. The number of halogens is 3. The minimum Gasteiger partial charge on any atom is -0.314 e. The monoisotopic (exact) mass is 302 g/mol. The van der Waals surface area contributed by atoms with Crippen LogP contribution in [0.25, 0.3) is 10.9 Å². The molecule has 0 bridgehead atoms. The van der Waals surface area contributed by atoms with Crippen molar-refractivity contribution in [3.8, 4) is 0 Å². The van der Waals surface area contributed by atoms with Gasteiger partial charge in [0.25, 0.3) is 0 Å². The van der Waals surface area contributed by atoms with E-state index in [2.05, 4.69) is 14.6 Å². The summed E-state index contributed by atoms with van der Waals surface area (Å²) >= 11 is 1.43. The van der Waals surface area contributed by atoms with E-state index < -0.39 is 11.9 Å². The van der Waals surface area contributed by atoms with Gasteiger partial charge in [-0.05, 0) is 12.1 Å². The number of alkyl halides is 3. The number of aromatic nitrogens is 2. The van der Waals surface area contributed by atoms with E-state index in [1.54, 1.807) is 16.2 Å². The molecule has 0 unspecified atom stereocenters. The molecule has 108 valence electrons. The lowest BCUT2D eigenvalue weighted by Crippen LogP contribution is -2.40. The molecule has 8 heteroatoms. The summed E-state index contributed by atoms with van der Waals surface area (Å²) in [7, 11) is 0. The smallest absolute Gasteiger partial charge is 0.314 e. The van der Waals surface area contributed by atoms with Gasteiger partial charge in [-0.15, -0.1) is 0 Å². The summed E-state index contributed by atoms with van der Waals surface area (Å²) in [4.78, 5) is 3.47. The van der Waals surface area contributed by atoms with E-state index in [1.807, 2.05) is 0 Å². The first kappa shape index (κ1) is 13.7. The fraction of sp³-hybridized carbons (Fsp3) is 0.417. The summed E-state index contributed by atoms with van der Waals surface area (Å²) in [5.74, 6) is 0. The molecule has 0 saturated carbocycles. The fourth-order valence-corrected chi connectivity index (χ4v) is 3.15. The molecular weight excluding hydrogens is 289 g/mol. The molecule has 1 fully saturated rings.